The van der Waals surface area contributed by atoms with Crippen LogP contribution in [0.25, 0.3) is 21.5 Å². The zero-order valence-electron chi connectivity index (χ0n) is 17.2. The summed E-state index contributed by atoms with van der Waals surface area (Å²) >= 11 is 7.44. The number of carboxylic acid groups (broad SMARTS) is 1. The summed E-state index contributed by atoms with van der Waals surface area (Å²) in [5.41, 5.74) is 3.14. The van der Waals surface area contributed by atoms with E-state index in [4.69, 9.17) is 20.8 Å². The van der Waals surface area contributed by atoms with E-state index < -0.39 is 5.97 Å². The molecule has 2 N–H and O–H groups in total. The molecule has 3 aromatic heterocycles. The number of thiophene rings is 1. The molecule has 0 amide bonds. The number of aromatic carboxylic acids is 1. The molecule has 1 aromatic carbocycles. The van der Waals surface area contributed by atoms with Gasteiger partial charge in [-0.3, -0.25) is 0 Å². The first-order valence-corrected chi connectivity index (χ1v) is 10.7. The van der Waals surface area contributed by atoms with Crippen molar-refractivity contribution >= 4 is 45.7 Å². The number of rotatable bonds is 7. The summed E-state index contributed by atoms with van der Waals surface area (Å²) in [6.07, 6.45) is 2.17. The Labute approximate surface area is 187 Å². The van der Waals surface area contributed by atoms with Gasteiger partial charge in [-0.15, -0.1) is 11.3 Å². The second-order valence-corrected chi connectivity index (χ2v) is 8.50. The van der Waals surface area contributed by atoms with E-state index in [0.717, 1.165) is 27.2 Å². The minimum absolute atomic E-state index is 0.319. The summed E-state index contributed by atoms with van der Waals surface area (Å²) in [4.78, 5) is 21.0. The highest BCUT2D eigenvalue weighted by molar-refractivity contribution is 7.17. The zero-order valence-corrected chi connectivity index (χ0v) is 18.7. The third-order valence-electron chi connectivity index (χ3n) is 4.96. The average Bonchev–Trinajstić information content (AvgIpc) is 3.28. The Morgan fingerprint density at radius 2 is 2.06 bits per heavy atom. The molecule has 0 saturated heterocycles. The number of anilines is 1. The largest absolute Gasteiger partial charge is 0.493 e. The van der Waals surface area contributed by atoms with Crippen molar-refractivity contribution in [1.82, 2.24) is 9.97 Å². The van der Waals surface area contributed by atoms with Crippen molar-refractivity contribution in [1.29, 1.82) is 0 Å². The van der Waals surface area contributed by atoms with Gasteiger partial charge in [0.15, 0.2) is 11.3 Å². The molecule has 9 heteroatoms. The van der Waals surface area contributed by atoms with Crippen LogP contribution >= 0.6 is 22.9 Å². The van der Waals surface area contributed by atoms with Crippen LogP contribution in [0.5, 0.6) is 5.75 Å². The van der Waals surface area contributed by atoms with E-state index in [0.29, 0.717) is 45.7 Å². The Bertz CT molecular complexity index is 1280. The predicted octanol–water partition coefficient (Wildman–Crippen LogP) is 5.58. The van der Waals surface area contributed by atoms with Gasteiger partial charge >= 0.3 is 5.97 Å². The fourth-order valence-corrected chi connectivity index (χ4v) is 4.68. The van der Waals surface area contributed by atoms with Crippen LogP contribution in [0.4, 0.5) is 5.82 Å². The lowest BCUT2D eigenvalue weighted by atomic mass is 10.1. The van der Waals surface area contributed by atoms with E-state index >= 15 is 0 Å². The minimum Gasteiger partial charge on any atom is -0.493 e. The summed E-state index contributed by atoms with van der Waals surface area (Å²) in [6, 6.07) is 7.27. The SMILES string of the molecule is COc1cc(Cl)cc2c(CCNc3cc(-c4cc(C)c(C(=O)O)s4)ncn3)c(C)oc12. The fraction of sp³-hybridized carbons (Fsp3) is 0.227. The number of hydrogen-bond donors (Lipinski definition) is 2. The van der Waals surface area contributed by atoms with Crippen molar-refractivity contribution in [2.24, 2.45) is 0 Å². The van der Waals surface area contributed by atoms with Gasteiger partial charge in [-0.25, -0.2) is 14.8 Å². The number of benzene rings is 1. The van der Waals surface area contributed by atoms with Crippen LogP contribution < -0.4 is 10.1 Å². The van der Waals surface area contributed by atoms with E-state index in [1.54, 1.807) is 20.1 Å². The summed E-state index contributed by atoms with van der Waals surface area (Å²) in [7, 11) is 1.59. The van der Waals surface area contributed by atoms with Gasteiger partial charge in [0.05, 0.1) is 17.7 Å². The highest BCUT2D eigenvalue weighted by Gasteiger charge is 2.17. The second-order valence-electron chi connectivity index (χ2n) is 7.01. The maximum absolute atomic E-state index is 11.3. The number of aryl methyl sites for hydroxylation is 2. The van der Waals surface area contributed by atoms with Gasteiger partial charge in [0.25, 0.3) is 0 Å². The molecule has 0 spiro atoms. The molecular formula is C22H20ClN3O4S. The molecule has 0 saturated carbocycles. The summed E-state index contributed by atoms with van der Waals surface area (Å²) in [5, 5.41) is 14.1. The normalized spacial score (nSPS) is 11.1. The van der Waals surface area contributed by atoms with Crippen LogP contribution in [0, 0.1) is 13.8 Å². The molecule has 31 heavy (non-hydrogen) atoms. The van der Waals surface area contributed by atoms with E-state index in [9.17, 15) is 9.90 Å². The number of carbonyl (C=O) groups is 1. The van der Waals surface area contributed by atoms with Crippen molar-refractivity contribution in [3.05, 3.63) is 57.4 Å². The first-order valence-electron chi connectivity index (χ1n) is 9.53. The van der Waals surface area contributed by atoms with Gasteiger partial charge in [-0.1, -0.05) is 11.6 Å². The first kappa shape index (κ1) is 21.1. The minimum atomic E-state index is -0.930. The Kier molecular flexibility index (Phi) is 5.84. The number of carboxylic acids is 1. The predicted molar refractivity (Wildman–Crippen MR) is 122 cm³/mol. The van der Waals surface area contributed by atoms with Crippen LogP contribution in [0.2, 0.25) is 5.02 Å². The quantitative estimate of drug-likeness (QED) is 0.373. The Hall–Kier alpha value is -3.10. The average molecular weight is 458 g/mol. The third kappa shape index (κ3) is 4.22. The molecule has 0 atom stereocenters. The number of aromatic nitrogens is 2. The molecule has 0 radical (unpaired) electrons. The van der Waals surface area contributed by atoms with Crippen LogP contribution in [-0.4, -0.2) is 34.7 Å². The molecule has 3 heterocycles. The van der Waals surface area contributed by atoms with Crippen molar-refractivity contribution in [3.63, 3.8) is 0 Å². The van der Waals surface area contributed by atoms with Gasteiger partial charge in [0.1, 0.15) is 22.8 Å². The topological polar surface area (TPSA) is 97.5 Å². The molecule has 0 bridgehead atoms. The lowest BCUT2D eigenvalue weighted by molar-refractivity contribution is 0.0701. The maximum atomic E-state index is 11.3. The Balaban J connectivity index is 1.52. The lowest BCUT2D eigenvalue weighted by Crippen LogP contribution is -2.07. The summed E-state index contributed by atoms with van der Waals surface area (Å²) in [5.74, 6) is 1.16. The lowest BCUT2D eigenvalue weighted by Gasteiger charge is -2.07. The van der Waals surface area contributed by atoms with Crippen molar-refractivity contribution < 1.29 is 19.1 Å². The van der Waals surface area contributed by atoms with E-state index in [2.05, 4.69) is 15.3 Å². The summed E-state index contributed by atoms with van der Waals surface area (Å²) < 4.78 is 11.3. The fourth-order valence-electron chi connectivity index (χ4n) is 3.49. The van der Waals surface area contributed by atoms with Crippen molar-refractivity contribution in [2.45, 2.75) is 20.3 Å². The van der Waals surface area contributed by atoms with Crippen molar-refractivity contribution in [2.75, 3.05) is 19.0 Å². The number of hydrogen-bond acceptors (Lipinski definition) is 7. The van der Waals surface area contributed by atoms with Gasteiger partial charge in [-0.2, -0.15) is 0 Å². The highest BCUT2D eigenvalue weighted by atomic mass is 35.5. The van der Waals surface area contributed by atoms with E-state index in [1.165, 1.54) is 17.7 Å². The number of nitrogens with one attached hydrogen (secondary N) is 1. The number of methoxy groups -OCH3 is 1. The number of fused-ring (bicyclic) bond motifs is 1. The molecule has 4 rings (SSSR count). The molecule has 0 aliphatic carbocycles. The van der Waals surface area contributed by atoms with E-state index in [1.807, 2.05) is 25.1 Å². The van der Waals surface area contributed by atoms with Crippen LogP contribution in [0.1, 0.15) is 26.6 Å². The highest BCUT2D eigenvalue weighted by Crippen LogP contribution is 2.36. The van der Waals surface area contributed by atoms with Gasteiger partial charge in [0, 0.05) is 34.6 Å². The van der Waals surface area contributed by atoms with Crippen molar-refractivity contribution in [3.8, 4) is 16.3 Å². The maximum Gasteiger partial charge on any atom is 0.346 e. The van der Waals surface area contributed by atoms with Gasteiger partial charge in [0.2, 0.25) is 0 Å². The molecule has 7 nitrogen and oxygen atoms in total. The summed E-state index contributed by atoms with van der Waals surface area (Å²) in [6.45, 7) is 4.32. The van der Waals surface area contributed by atoms with Crippen LogP contribution in [0.15, 0.2) is 35.0 Å². The van der Waals surface area contributed by atoms with Crippen LogP contribution in [-0.2, 0) is 6.42 Å². The van der Waals surface area contributed by atoms with Gasteiger partial charge in [-0.05, 0) is 38.0 Å². The zero-order chi connectivity index (χ0) is 22.1. The van der Waals surface area contributed by atoms with E-state index in [-0.39, 0.29) is 0 Å². The standard InChI is InChI=1S/C22H20ClN3O4S/c1-11-6-18(31-21(11)22(27)28)16-9-19(26-10-25-16)24-5-4-14-12(2)30-20-15(14)7-13(23)8-17(20)29-3/h6-10H,4-5H2,1-3H3,(H,27,28)(H,24,25,26). The first-order chi connectivity index (χ1) is 14.9. The second kappa shape index (κ2) is 8.56. The van der Waals surface area contributed by atoms with Gasteiger partial charge < -0.3 is 19.6 Å². The molecular weight excluding hydrogens is 438 g/mol. The monoisotopic (exact) mass is 457 g/mol. The smallest absolute Gasteiger partial charge is 0.346 e. The molecule has 0 fully saturated rings. The molecule has 0 unspecified atom stereocenters. The Morgan fingerprint density at radius 1 is 1.26 bits per heavy atom. The molecule has 160 valence electrons. The third-order valence-corrected chi connectivity index (χ3v) is 6.42. The number of nitrogens with zero attached hydrogens (tertiary/aromatic N) is 2. The molecule has 4 aromatic rings. The van der Waals surface area contributed by atoms with Crippen LogP contribution in [0.3, 0.4) is 0 Å². The molecule has 0 aliphatic rings. The molecule has 0 aliphatic heterocycles. The number of ether oxygens (including phenoxy) is 1. The number of halogens is 1. The Morgan fingerprint density at radius 3 is 2.77 bits per heavy atom. The number of furan rings is 1.